The standard InChI is InChI=1S/C30H30N4O3/c1-20(19-35)31-27(36)16-12-21-11-15-25-26(17-21)33-30(37)28(25)29(23-7-5-4-6-8-23)32-24-13-9-22(10-14-24)18-34(2)3/h4-11,13-15,17,20,32,35H,18-19H2,1-3H3,(H,31,36)(H,33,37)/t20-/m0/s1. The Bertz CT molecular complexity index is 1380. The number of benzene rings is 3. The van der Waals surface area contributed by atoms with Gasteiger partial charge in [0.05, 0.1) is 29.6 Å². The van der Waals surface area contributed by atoms with E-state index in [2.05, 4.69) is 44.8 Å². The first kappa shape index (κ1) is 25.7. The molecule has 7 nitrogen and oxygen atoms in total. The third kappa shape index (κ3) is 6.44. The van der Waals surface area contributed by atoms with Gasteiger partial charge in [-0.15, -0.1) is 0 Å². The molecule has 3 aromatic rings. The van der Waals surface area contributed by atoms with Crippen LogP contribution in [-0.4, -0.2) is 48.6 Å². The van der Waals surface area contributed by atoms with Crippen molar-refractivity contribution in [1.29, 1.82) is 0 Å². The third-order valence-electron chi connectivity index (χ3n) is 5.77. The molecule has 0 aliphatic carbocycles. The average Bonchev–Trinajstić information content (AvgIpc) is 3.21. The van der Waals surface area contributed by atoms with Crippen LogP contribution in [0.3, 0.4) is 0 Å². The number of hydrogen-bond acceptors (Lipinski definition) is 5. The zero-order chi connectivity index (χ0) is 26.4. The summed E-state index contributed by atoms with van der Waals surface area (Å²) in [6, 6.07) is 22.9. The van der Waals surface area contributed by atoms with Gasteiger partial charge in [-0.3, -0.25) is 9.59 Å². The first-order valence-electron chi connectivity index (χ1n) is 12.0. The van der Waals surface area contributed by atoms with Crippen LogP contribution in [0.1, 0.15) is 29.2 Å². The molecule has 0 aromatic heterocycles. The molecule has 0 fully saturated rings. The van der Waals surface area contributed by atoms with Crippen molar-refractivity contribution in [3.8, 4) is 11.8 Å². The second kappa shape index (κ2) is 11.6. The number of aliphatic hydroxyl groups is 1. The van der Waals surface area contributed by atoms with Crippen molar-refractivity contribution < 1.29 is 14.7 Å². The van der Waals surface area contributed by atoms with Gasteiger partial charge in [-0.25, -0.2) is 0 Å². The fourth-order valence-electron chi connectivity index (χ4n) is 4.02. The highest BCUT2D eigenvalue weighted by atomic mass is 16.3. The number of amides is 2. The van der Waals surface area contributed by atoms with Crippen molar-refractivity contribution in [2.75, 3.05) is 31.3 Å². The number of anilines is 2. The lowest BCUT2D eigenvalue weighted by molar-refractivity contribution is -0.116. The van der Waals surface area contributed by atoms with Crippen LogP contribution in [0.4, 0.5) is 11.4 Å². The van der Waals surface area contributed by atoms with Crippen LogP contribution in [0.2, 0.25) is 0 Å². The molecule has 7 heteroatoms. The van der Waals surface area contributed by atoms with Gasteiger partial charge < -0.3 is 26.0 Å². The summed E-state index contributed by atoms with van der Waals surface area (Å²) in [4.78, 5) is 27.2. The summed E-state index contributed by atoms with van der Waals surface area (Å²) in [5, 5.41) is 18.1. The van der Waals surface area contributed by atoms with Gasteiger partial charge in [-0.1, -0.05) is 54.5 Å². The summed E-state index contributed by atoms with van der Waals surface area (Å²) in [6.07, 6.45) is 0. The number of rotatable bonds is 7. The summed E-state index contributed by atoms with van der Waals surface area (Å²) in [7, 11) is 4.06. The molecule has 1 aliphatic rings. The van der Waals surface area contributed by atoms with E-state index in [1.165, 1.54) is 5.56 Å². The third-order valence-corrected chi connectivity index (χ3v) is 5.77. The van der Waals surface area contributed by atoms with Crippen molar-refractivity contribution in [1.82, 2.24) is 10.2 Å². The number of carbonyl (C=O) groups excluding carboxylic acids is 2. The predicted molar refractivity (Wildman–Crippen MR) is 147 cm³/mol. The van der Waals surface area contributed by atoms with E-state index in [0.717, 1.165) is 23.4 Å². The van der Waals surface area contributed by atoms with E-state index in [0.29, 0.717) is 22.5 Å². The smallest absolute Gasteiger partial charge is 0.296 e. The number of nitrogens with one attached hydrogen (secondary N) is 3. The van der Waals surface area contributed by atoms with Crippen LogP contribution in [0.25, 0.3) is 11.3 Å². The monoisotopic (exact) mass is 494 g/mol. The molecule has 0 unspecified atom stereocenters. The minimum atomic E-state index is -0.473. The highest BCUT2D eigenvalue weighted by Crippen LogP contribution is 2.38. The maximum absolute atomic E-state index is 13.2. The maximum Gasteiger partial charge on any atom is 0.296 e. The van der Waals surface area contributed by atoms with Crippen LogP contribution in [0, 0.1) is 11.8 Å². The molecular formula is C30H30N4O3. The molecule has 3 aromatic carbocycles. The van der Waals surface area contributed by atoms with E-state index in [1.54, 1.807) is 19.1 Å². The Balaban J connectivity index is 1.68. The van der Waals surface area contributed by atoms with E-state index in [1.807, 2.05) is 62.6 Å². The predicted octanol–water partition coefficient (Wildman–Crippen LogP) is 3.53. The number of carbonyl (C=O) groups is 2. The van der Waals surface area contributed by atoms with Gasteiger partial charge in [0.15, 0.2) is 0 Å². The van der Waals surface area contributed by atoms with Crippen LogP contribution in [-0.2, 0) is 16.1 Å². The van der Waals surface area contributed by atoms with Gasteiger partial charge in [0.1, 0.15) is 0 Å². The molecule has 0 spiro atoms. The van der Waals surface area contributed by atoms with Crippen molar-refractivity contribution in [3.05, 3.63) is 95.1 Å². The molecule has 0 radical (unpaired) electrons. The zero-order valence-corrected chi connectivity index (χ0v) is 21.1. The molecular weight excluding hydrogens is 464 g/mol. The lowest BCUT2D eigenvalue weighted by Gasteiger charge is -2.16. The van der Waals surface area contributed by atoms with E-state index >= 15 is 0 Å². The van der Waals surface area contributed by atoms with Crippen molar-refractivity contribution in [3.63, 3.8) is 0 Å². The summed E-state index contributed by atoms with van der Waals surface area (Å²) < 4.78 is 0. The Labute approximate surface area is 217 Å². The molecule has 0 saturated heterocycles. The second-order valence-corrected chi connectivity index (χ2v) is 9.20. The fourth-order valence-corrected chi connectivity index (χ4v) is 4.02. The van der Waals surface area contributed by atoms with Gasteiger partial charge in [-0.05, 0) is 56.4 Å². The highest BCUT2D eigenvalue weighted by molar-refractivity contribution is 6.37. The number of aliphatic hydroxyl groups excluding tert-OH is 1. The lowest BCUT2D eigenvalue weighted by atomic mass is 9.99. The van der Waals surface area contributed by atoms with Gasteiger partial charge in [-0.2, -0.15) is 0 Å². The maximum atomic E-state index is 13.2. The van der Waals surface area contributed by atoms with Gasteiger partial charge in [0.2, 0.25) is 0 Å². The van der Waals surface area contributed by atoms with E-state index in [-0.39, 0.29) is 18.6 Å². The Morgan fingerprint density at radius 3 is 2.46 bits per heavy atom. The molecule has 0 bridgehead atoms. The van der Waals surface area contributed by atoms with Crippen LogP contribution < -0.4 is 16.0 Å². The minimum Gasteiger partial charge on any atom is -0.394 e. The Hall–Kier alpha value is -4.38. The first-order valence-corrected chi connectivity index (χ1v) is 12.0. The highest BCUT2D eigenvalue weighted by Gasteiger charge is 2.28. The molecule has 188 valence electrons. The number of nitrogens with zero attached hydrogens (tertiary/aromatic N) is 1. The molecule has 4 rings (SSSR count). The number of hydrogen-bond donors (Lipinski definition) is 4. The molecule has 4 N–H and O–H groups in total. The van der Waals surface area contributed by atoms with Crippen molar-refractivity contribution in [2.24, 2.45) is 0 Å². The van der Waals surface area contributed by atoms with E-state index in [9.17, 15) is 9.59 Å². The molecule has 37 heavy (non-hydrogen) atoms. The second-order valence-electron chi connectivity index (χ2n) is 9.20. The van der Waals surface area contributed by atoms with E-state index in [4.69, 9.17) is 5.11 Å². The average molecular weight is 495 g/mol. The molecule has 1 aliphatic heterocycles. The van der Waals surface area contributed by atoms with Gasteiger partial charge in [0.25, 0.3) is 11.8 Å². The summed E-state index contributed by atoms with van der Waals surface area (Å²) in [5.41, 5.74) is 6.18. The topological polar surface area (TPSA) is 93.7 Å². The van der Waals surface area contributed by atoms with E-state index < -0.39 is 5.91 Å². The minimum absolute atomic E-state index is 0.161. The largest absolute Gasteiger partial charge is 0.394 e. The molecule has 2 amide bonds. The summed E-state index contributed by atoms with van der Waals surface area (Å²) in [6.45, 7) is 2.37. The van der Waals surface area contributed by atoms with Gasteiger partial charge in [0, 0.05) is 29.3 Å². The molecule has 1 heterocycles. The molecule has 1 atom stereocenters. The van der Waals surface area contributed by atoms with Gasteiger partial charge >= 0.3 is 0 Å². The summed E-state index contributed by atoms with van der Waals surface area (Å²) >= 11 is 0. The number of fused-ring (bicyclic) bond motifs is 1. The van der Waals surface area contributed by atoms with Crippen LogP contribution >= 0.6 is 0 Å². The van der Waals surface area contributed by atoms with Crippen molar-refractivity contribution >= 4 is 34.5 Å². The Morgan fingerprint density at radius 2 is 1.78 bits per heavy atom. The SMILES string of the molecule is C[C@@H](CO)NC(=O)C#Cc1ccc2c(c1)NC(=O)C2=C(Nc1ccc(CN(C)C)cc1)c1ccccc1. The fraction of sp³-hybridized carbons (Fsp3) is 0.200. The Kier molecular flexibility index (Phi) is 8.04. The van der Waals surface area contributed by atoms with Crippen LogP contribution in [0.15, 0.2) is 72.8 Å². The zero-order valence-electron chi connectivity index (χ0n) is 21.1. The van der Waals surface area contributed by atoms with Crippen LogP contribution in [0.5, 0.6) is 0 Å². The first-order chi connectivity index (χ1) is 17.8. The Morgan fingerprint density at radius 1 is 1.05 bits per heavy atom. The normalized spacial score (nSPS) is 14.2. The molecule has 0 saturated carbocycles. The van der Waals surface area contributed by atoms with Crippen molar-refractivity contribution in [2.45, 2.75) is 19.5 Å². The quantitative estimate of drug-likeness (QED) is 0.298. The lowest BCUT2D eigenvalue weighted by Crippen LogP contribution is -2.33. The summed E-state index contributed by atoms with van der Waals surface area (Å²) in [5.74, 6) is 4.66.